The Morgan fingerprint density at radius 1 is 1.32 bits per heavy atom. The highest BCUT2D eigenvalue weighted by Gasteiger charge is 2.34. The van der Waals surface area contributed by atoms with Crippen molar-refractivity contribution in [2.24, 2.45) is 5.92 Å². The topological polar surface area (TPSA) is 84.9 Å². The highest BCUT2D eigenvalue weighted by Crippen LogP contribution is 2.32. The zero-order chi connectivity index (χ0) is 20.1. The van der Waals surface area contributed by atoms with Crippen LogP contribution in [0.15, 0.2) is 23.1 Å². The van der Waals surface area contributed by atoms with Crippen LogP contribution in [0.2, 0.25) is 5.02 Å². The fraction of sp³-hybridized carbons (Fsp3) is 0.632. The third kappa shape index (κ3) is 4.97. The molecule has 9 heteroatoms. The number of ether oxygens (including phenoxy) is 2. The van der Waals surface area contributed by atoms with Crippen molar-refractivity contribution in [3.05, 3.63) is 23.2 Å². The summed E-state index contributed by atoms with van der Waals surface area (Å²) in [6, 6.07) is 4.60. The molecule has 0 aliphatic carbocycles. The molecule has 2 fully saturated rings. The van der Waals surface area contributed by atoms with Gasteiger partial charge in [0.1, 0.15) is 10.6 Å². The summed E-state index contributed by atoms with van der Waals surface area (Å²) in [7, 11) is -3.74. The number of piperidine rings is 1. The molecule has 156 valence electrons. The summed E-state index contributed by atoms with van der Waals surface area (Å²) < 4.78 is 38.6. The molecule has 1 amide bonds. The second-order valence-electron chi connectivity index (χ2n) is 7.08. The van der Waals surface area contributed by atoms with E-state index in [-0.39, 0.29) is 22.8 Å². The van der Waals surface area contributed by atoms with Gasteiger partial charge >= 0.3 is 0 Å². The van der Waals surface area contributed by atoms with Gasteiger partial charge in [0.05, 0.1) is 12.7 Å². The van der Waals surface area contributed by atoms with Crippen LogP contribution in [-0.4, -0.2) is 57.6 Å². The predicted octanol–water partition coefficient (Wildman–Crippen LogP) is 2.43. The van der Waals surface area contributed by atoms with E-state index in [9.17, 15) is 13.2 Å². The second kappa shape index (κ2) is 9.43. The van der Waals surface area contributed by atoms with Gasteiger partial charge in [0.15, 0.2) is 0 Å². The van der Waals surface area contributed by atoms with Crippen molar-refractivity contribution in [2.45, 2.75) is 43.6 Å². The van der Waals surface area contributed by atoms with Crippen molar-refractivity contribution in [2.75, 3.05) is 32.8 Å². The summed E-state index contributed by atoms with van der Waals surface area (Å²) >= 11 is 6.01. The molecule has 1 N–H and O–H groups in total. The lowest BCUT2D eigenvalue weighted by Gasteiger charge is -2.31. The average Bonchev–Trinajstić information content (AvgIpc) is 3.21. The van der Waals surface area contributed by atoms with Crippen LogP contribution in [0.25, 0.3) is 0 Å². The summed E-state index contributed by atoms with van der Waals surface area (Å²) in [5.74, 6) is 0.0900. The molecule has 3 rings (SSSR count). The van der Waals surface area contributed by atoms with E-state index >= 15 is 0 Å². The van der Waals surface area contributed by atoms with Crippen LogP contribution in [0.3, 0.4) is 0 Å². The number of benzene rings is 1. The van der Waals surface area contributed by atoms with Gasteiger partial charge in [0, 0.05) is 37.2 Å². The van der Waals surface area contributed by atoms with Crippen LogP contribution in [0.4, 0.5) is 0 Å². The van der Waals surface area contributed by atoms with Crippen molar-refractivity contribution in [3.63, 3.8) is 0 Å². The first kappa shape index (κ1) is 21.4. The van der Waals surface area contributed by atoms with E-state index in [4.69, 9.17) is 21.1 Å². The number of amides is 1. The van der Waals surface area contributed by atoms with Gasteiger partial charge in [-0.1, -0.05) is 11.6 Å². The van der Waals surface area contributed by atoms with E-state index in [1.165, 1.54) is 10.4 Å². The van der Waals surface area contributed by atoms with E-state index in [1.54, 1.807) is 19.1 Å². The second-order valence-corrected chi connectivity index (χ2v) is 9.43. The van der Waals surface area contributed by atoms with Crippen molar-refractivity contribution < 1.29 is 22.7 Å². The predicted molar refractivity (Wildman–Crippen MR) is 106 cm³/mol. The van der Waals surface area contributed by atoms with Crippen LogP contribution in [0, 0.1) is 5.92 Å². The van der Waals surface area contributed by atoms with Crippen LogP contribution < -0.4 is 10.1 Å². The lowest BCUT2D eigenvalue weighted by molar-refractivity contribution is -0.126. The third-order valence-electron chi connectivity index (χ3n) is 5.18. The van der Waals surface area contributed by atoms with Crippen LogP contribution in [0.1, 0.15) is 32.6 Å². The highest BCUT2D eigenvalue weighted by molar-refractivity contribution is 7.89. The van der Waals surface area contributed by atoms with Gasteiger partial charge in [0.2, 0.25) is 15.9 Å². The van der Waals surface area contributed by atoms with E-state index < -0.39 is 10.0 Å². The first-order valence-corrected chi connectivity index (χ1v) is 11.6. The number of hydrogen-bond acceptors (Lipinski definition) is 5. The van der Waals surface area contributed by atoms with Crippen molar-refractivity contribution >= 4 is 27.5 Å². The van der Waals surface area contributed by atoms with Crippen LogP contribution in [0.5, 0.6) is 5.75 Å². The third-order valence-corrected chi connectivity index (χ3v) is 7.33. The number of sulfonamides is 1. The summed E-state index contributed by atoms with van der Waals surface area (Å²) in [5, 5.41) is 3.28. The molecule has 0 spiro atoms. The quantitative estimate of drug-likeness (QED) is 0.718. The summed E-state index contributed by atoms with van der Waals surface area (Å²) in [6.07, 6.45) is 3.08. The molecular formula is C19H27ClN2O5S. The molecule has 2 saturated heterocycles. The Morgan fingerprint density at radius 2 is 2.07 bits per heavy atom. The molecule has 0 radical (unpaired) electrons. The molecule has 0 aromatic heterocycles. The minimum Gasteiger partial charge on any atom is -0.492 e. The Balaban J connectivity index is 1.60. The Hall–Kier alpha value is -1.35. The molecule has 7 nitrogen and oxygen atoms in total. The van der Waals surface area contributed by atoms with Crippen molar-refractivity contribution in [1.82, 2.24) is 9.62 Å². The molecule has 0 bridgehead atoms. The maximum absolute atomic E-state index is 13.1. The van der Waals surface area contributed by atoms with Crippen molar-refractivity contribution in [1.29, 1.82) is 0 Å². The van der Waals surface area contributed by atoms with Gasteiger partial charge in [-0.3, -0.25) is 4.79 Å². The van der Waals surface area contributed by atoms with Crippen LogP contribution >= 0.6 is 11.6 Å². The minimum absolute atomic E-state index is 0.0229. The first-order chi connectivity index (χ1) is 13.4. The van der Waals surface area contributed by atoms with E-state index in [0.29, 0.717) is 49.9 Å². The maximum atomic E-state index is 13.1. The van der Waals surface area contributed by atoms with E-state index in [2.05, 4.69) is 5.32 Å². The molecular weight excluding hydrogens is 404 g/mol. The molecule has 1 atom stereocenters. The standard InChI is InChI=1S/C19H27ClN2O5S/c1-2-26-17-6-5-15(20)12-18(17)28(24,25)22-9-7-14(8-10-22)19(23)21-13-16-4-3-11-27-16/h5-6,12,14,16H,2-4,7-11,13H2,1H3,(H,21,23)/t16-/m0/s1. The van der Waals surface area contributed by atoms with Gasteiger partial charge in [-0.15, -0.1) is 0 Å². The molecule has 1 aromatic carbocycles. The molecule has 2 aliphatic rings. The van der Waals surface area contributed by atoms with Crippen molar-refractivity contribution in [3.8, 4) is 5.75 Å². The SMILES string of the molecule is CCOc1ccc(Cl)cc1S(=O)(=O)N1CCC(C(=O)NC[C@@H]2CCCO2)CC1. The molecule has 0 saturated carbocycles. The minimum atomic E-state index is -3.74. The smallest absolute Gasteiger partial charge is 0.246 e. The monoisotopic (exact) mass is 430 g/mol. The maximum Gasteiger partial charge on any atom is 0.246 e. The number of nitrogens with zero attached hydrogens (tertiary/aromatic N) is 1. The zero-order valence-electron chi connectivity index (χ0n) is 16.0. The Morgan fingerprint density at radius 3 is 2.71 bits per heavy atom. The summed E-state index contributed by atoms with van der Waals surface area (Å²) in [6.45, 7) is 4.02. The molecule has 28 heavy (non-hydrogen) atoms. The first-order valence-electron chi connectivity index (χ1n) is 9.73. The van der Waals surface area contributed by atoms with Gasteiger partial charge in [0.25, 0.3) is 0 Å². The number of hydrogen-bond donors (Lipinski definition) is 1. The molecule has 2 aliphatic heterocycles. The number of carbonyl (C=O) groups excluding carboxylic acids is 1. The number of nitrogens with one attached hydrogen (secondary N) is 1. The number of halogens is 1. The summed E-state index contributed by atoms with van der Waals surface area (Å²) in [5.41, 5.74) is 0. The number of carbonyl (C=O) groups is 1. The van der Waals surface area contributed by atoms with Gasteiger partial charge in [-0.05, 0) is 50.8 Å². The Kier molecular flexibility index (Phi) is 7.20. The van der Waals surface area contributed by atoms with E-state index in [0.717, 1.165) is 19.4 Å². The lowest BCUT2D eigenvalue weighted by Crippen LogP contribution is -2.44. The molecule has 1 aromatic rings. The van der Waals surface area contributed by atoms with E-state index in [1.807, 2.05) is 0 Å². The fourth-order valence-electron chi connectivity index (χ4n) is 3.62. The summed E-state index contributed by atoms with van der Waals surface area (Å²) in [4.78, 5) is 12.5. The van der Waals surface area contributed by atoms with Gasteiger partial charge < -0.3 is 14.8 Å². The molecule has 0 unspecified atom stereocenters. The van der Waals surface area contributed by atoms with Crippen LogP contribution in [-0.2, 0) is 19.6 Å². The normalized spacial score (nSPS) is 21.6. The molecule has 2 heterocycles. The average molecular weight is 431 g/mol. The Labute approximate surface area is 171 Å². The lowest BCUT2D eigenvalue weighted by atomic mass is 9.97. The Bertz CT molecular complexity index is 788. The van der Waals surface area contributed by atoms with Gasteiger partial charge in [-0.2, -0.15) is 4.31 Å². The van der Waals surface area contributed by atoms with Gasteiger partial charge in [-0.25, -0.2) is 8.42 Å². The zero-order valence-corrected chi connectivity index (χ0v) is 17.6. The largest absolute Gasteiger partial charge is 0.492 e. The highest BCUT2D eigenvalue weighted by atomic mass is 35.5. The number of rotatable bonds is 7. The fourth-order valence-corrected chi connectivity index (χ4v) is 5.48.